The van der Waals surface area contributed by atoms with Crippen LogP contribution in [0, 0.1) is 12.3 Å². The molecule has 0 unspecified atom stereocenters. The van der Waals surface area contributed by atoms with Gasteiger partial charge in [0.1, 0.15) is 0 Å². The number of hydrogen-bond acceptors (Lipinski definition) is 2. The van der Waals surface area contributed by atoms with Crippen molar-refractivity contribution in [1.82, 2.24) is 4.98 Å². The third kappa shape index (κ3) is 3.10. The van der Waals surface area contributed by atoms with Gasteiger partial charge in [-0.25, -0.2) is 4.98 Å². The van der Waals surface area contributed by atoms with E-state index in [0.717, 1.165) is 17.2 Å². The molecule has 11 heavy (non-hydrogen) atoms. The lowest BCUT2D eigenvalue weighted by atomic mass is 10.5. The quantitative estimate of drug-likeness (QED) is 0.385. The Morgan fingerprint density at radius 2 is 2.45 bits per heavy atom. The molecule has 1 aromatic heterocycles. The van der Waals surface area contributed by atoms with Gasteiger partial charge in [-0.05, 0) is 12.1 Å². The lowest BCUT2D eigenvalue weighted by molar-refractivity contribution is 1.13. The van der Waals surface area contributed by atoms with Crippen molar-refractivity contribution >= 4 is 11.8 Å². The van der Waals surface area contributed by atoms with Crippen molar-refractivity contribution in [3.63, 3.8) is 0 Å². The molecule has 1 heterocycles. The van der Waals surface area contributed by atoms with Gasteiger partial charge in [-0.15, -0.1) is 24.1 Å². The summed E-state index contributed by atoms with van der Waals surface area (Å²) in [6, 6.07) is 5.87. The van der Waals surface area contributed by atoms with Crippen molar-refractivity contribution < 1.29 is 0 Å². The molecule has 0 radical (unpaired) electrons. The van der Waals surface area contributed by atoms with E-state index in [4.69, 9.17) is 6.42 Å². The lowest BCUT2D eigenvalue weighted by Gasteiger charge is -1.94. The van der Waals surface area contributed by atoms with E-state index < -0.39 is 0 Å². The molecule has 1 nitrogen and oxygen atoms in total. The van der Waals surface area contributed by atoms with E-state index in [1.54, 1.807) is 18.0 Å². The van der Waals surface area contributed by atoms with Crippen molar-refractivity contribution in [1.29, 1.82) is 0 Å². The van der Waals surface area contributed by atoms with Crippen LogP contribution in [0.5, 0.6) is 0 Å². The topological polar surface area (TPSA) is 12.9 Å². The second-order valence-electron chi connectivity index (χ2n) is 1.97. The summed E-state index contributed by atoms with van der Waals surface area (Å²) < 4.78 is 0. The molecule has 0 aliphatic carbocycles. The zero-order valence-electron chi connectivity index (χ0n) is 6.16. The smallest absolute Gasteiger partial charge is 0.0960 e. The summed E-state index contributed by atoms with van der Waals surface area (Å²) in [6.07, 6.45) is 7.71. The third-order valence-corrected chi connectivity index (χ3v) is 2.08. The zero-order chi connectivity index (χ0) is 7.94. The molecular formula is C9H9NS. The van der Waals surface area contributed by atoms with Crippen LogP contribution in [-0.2, 0) is 0 Å². The molecule has 0 aromatic carbocycles. The van der Waals surface area contributed by atoms with Gasteiger partial charge in [-0.1, -0.05) is 6.07 Å². The second kappa shape index (κ2) is 4.81. The summed E-state index contributed by atoms with van der Waals surface area (Å²) in [5.41, 5.74) is 0. The number of terminal acetylenes is 1. The van der Waals surface area contributed by atoms with Crippen molar-refractivity contribution in [2.24, 2.45) is 0 Å². The van der Waals surface area contributed by atoms with Crippen LogP contribution in [0.1, 0.15) is 6.42 Å². The largest absolute Gasteiger partial charge is 0.250 e. The average Bonchev–Trinajstić information content (AvgIpc) is 2.07. The molecule has 1 rings (SSSR count). The summed E-state index contributed by atoms with van der Waals surface area (Å²) >= 11 is 1.69. The summed E-state index contributed by atoms with van der Waals surface area (Å²) in [4.78, 5) is 4.14. The van der Waals surface area contributed by atoms with Gasteiger partial charge < -0.3 is 0 Å². The molecule has 0 bridgehead atoms. The molecule has 56 valence electrons. The van der Waals surface area contributed by atoms with E-state index >= 15 is 0 Å². The highest BCUT2D eigenvalue weighted by Crippen LogP contribution is 2.13. The molecular weight excluding hydrogens is 154 g/mol. The molecule has 0 aliphatic rings. The molecule has 0 amide bonds. The summed E-state index contributed by atoms with van der Waals surface area (Å²) in [7, 11) is 0. The van der Waals surface area contributed by atoms with E-state index in [-0.39, 0.29) is 0 Å². The van der Waals surface area contributed by atoms with Crippen LogP contribution < -0.4 is 0 Å². The Kier molecular flexibility index (Phi) is 3.57. The summed E-state index contributed by atoms with van der Waals surface area (Å²) in [6.45, 7) is 0. The molecule has 0 saturated carbocycles. The van der Waals surface area contributed by atoms with Crippen molar-refractivity contribution in [2.75, 3.05) is 5.75 Å². The molecule has 0 aliphatic heterocycles. The molecule has 2 heteroatoms. The lowest BCUT2D eigenvalue weighted by Crippen LogP contribution is -1.79. The number of thioether (sulfide) groups is 1. The predicted octanol–water partition coefficient (Wildman–Crippen LogP) is 2.20. The molecule has 0 N–H and O–H groups in total. The highest BCUT2D eigenvalue weighted by molar-refractivity contribution is 7.99. The van der Waals surface area contributed by atoms with Gasteiger partial charge in [-0.3, -0.25) is 0 Å². The van der Waals surface area contributed by atoms with Crippen LogP contribution in [0.25, 0.3) is 0 Å². The molecule has 0 fully saturated rings. The molecule has 0 saturated heterocycles. The fourth-order valence-electron chi connectivity index (χ4n) is 0.647. The monoisotopic (exact) mass is 163 g/mol. The minimum absolute atomic E-state index is 0.807. The second-order valence-corrected chi connectivity index (χ2v) is 3.09. The fraction of sp³-hybridized carbons (Fsp3) is 0.222. The van der Waals surface area contributed by atoms with Gasteiger partial charge in [0.05, 0.1) is 5.03 Å². The maximum Gasteiger partial charge on any atom is 0.0960 e. The van der Waals surface area contributed by atoms with Gasteiger partial charge in [0.25, 0.3) is 0 Å². The van der Waals surface area contributed by atoms with Crippen LogP contribution in [0.4, 0.5) is 0 Å². The fourth-order valence-corrected chi connectivity index (χ4v) is 1.39. The first-order valence-electron chi connectivity index (χ1n) is 3.41. The van der Waals surface area contributed by atoms with Gasteiger partial charge in [0.2, 0.25) is 0 Å². The van der Waals surface area contributed by atoms with E-state index in [9.17, 15) is 0 Å². The Labute approximate surface area is 71.2 Å². The maximum atomic E-state index is 5.11. The van der Waals surface area contributed by atoms with Gasteiger partial charge in [0.15, 0.2) is 0 Å². The SMILES string of the molecule is C#CCCSc1ccccn1. The average molecular weight is 163 g/mol. The Hall–Kier alpha value is -0.940. The normalized spacial score (nSPS) is 9.00. The number of nitrogens with zero attached hydrogens (tertiary/aromatic N) is 1. The van der Waals surface area contributed by atoms with Crippen molar-refractivity contribution in [2.45, 2.75) is 11.4 Å². The van der Waals surface area contributed by atoms with E-state index in [1.807, 2.05) is 18.2 Å². The first-order chi connectivity index (χ1) is 5.43. The first-order valence-corrected chi connectivity index (χ1v) is 4.39. The highest BCUT2D eigenvalue weighted by Gasteiger charge is 1.90. The van der Waals surface area contributed by atoms with Crippen LogP contribution in [0.2, 0.25) is 0 Å². The maximum absolute atomic E-state index is 5.11. The van der Waals surface area contributed by atoms with E-state index in [2.05, 4.69) is 10.9 Å². The van der Waals surface area contributed by atoms with Crippen molar-refractivity contribution in [3.05, 3.63) is 24.4 Å². The van der Waals surface area contributed by atoms with E-state index in [0.29, 0.717) is 0 Å². The van der Waals surface area contributed by atoms with Crippen LogP contribution in [0.15, 0.2) is 29.4 Å². The Balaban J connectivity index is 2.35. The number of pyridine rings is 1. The van der Waals surface area contributed by atoms with Gasteiger partial charge in [0, 0.05) is 18.4 Å². The minimum atomic E-state index is 0.807. The Bertz CT molecular complexity index is 237. The standard InChI is InChI=1S/C9H9NS/c1-2-3-8-11-9-6-4-5-7-10-9/h1,4-7H,3,8H2. The molecule has 0 spiro atoms. The number of rotatable bonds is 3. The first kappa shape index (κ1) is 8.16. The summed E-state index contributed by atoms with van der Waals surface area (Å²) in [5, 5.41) is 1.04. The van der Waals surface area contributed by atoms with E-state index in [1.165, 1.54) is 0 Å². The molecule has 0 atom stereocenters. The number of aromatic nitrogens is 1. The third-order valence-electron chi connectivity index (χ3n) is 1.13. The van der Waals surface area contributed by atoms with Crippen LogP contribution in [-0.4, -0.2) is 10.7 Å². The van der Waals surface area contributed by atoms with Crippen LogP contribution in [0.3, 0.4) is 0 Å². The minimum Gasteiger partial charge on any atom is -0.250 e. The summed E-state index contributed by atoms with van der Waals surface area (Å²) in [5.74, 6) is 3.54. The van der Waals surface area contributed by atoms with Gasteiger partial charge >= 0.3 is 0 Å². The molecule has 1 aromatic rings. The Morgan fingerprint density at radius 3 is 3.09 bits per heavy atom. The van der Waals surface area contributed by atoms with Gasteiger partial charge in [-0.2, -0.15) is 0 Å². The van der Waals surface area contributed by atoms with Crippen LogP contribution >= 0.6 is 11.8 Å². The van der Waals surface area contributed by atoms with Crippen molar-refractivity contribution in [3.8, 4) is 12.3 Å². The predicted molar refractivity (Wildman–Crippen MR) is 48.4 cm³/mol. The highest BCUT2D eigenvalue weighted by atomic mass is 32.2. The zero-order valence-corrected chi connectivity index (χ0v) is 6.97. The Morgan fingerprint density at radius 1 is 1.55 bits per heavy atom. The number of hydrogen-bond donors (Lipinski definition) is 0.